The normalized spacial score (nSPS) is 14.4. The van der Waals surface area contributed by atoms with Gasteiger partial charge in [-0.2, -0.15) is 0 Å². The molecule has 0 aliphatic heterocycles. The van der Waals surface area contributed by atoms with Gasteiger partial charge in [0.05, 0.1) is 12.1 Å². The lowest BCUT2D eigenvalue weighted by molar-refractivity contribution is 0.0520. The minimum atomic E-state index is -0.547. The van der Waals surface area contributed by atoms with Gasteiger partial charge in [-0.1, -0.05) is 48.5 Å². The van der Waals surface area contributed by atoms with Gasteiger partial charge in [0, 0.05) is 5.56 Å². The molecule has 34 heavy (non-hydrogen) atoms. The average Bonchev–Trinajstić information content (AvgIpc) is 3.56. The molecule has 3 aromatic rings. The van der Waals surface area contributed by atoms with Crippen LogP contribution in [0.2, 0.25) is 0 Å². The Bertz CT molecular complexity index is 1200. The van der Waals surface area contributed by atoms with E-state index in [1.807, 2.05) is 52.0 Å². The van der Waals surface area contributed by atoms with Gasteiger partial charge in [0.1, 0.15) is 18.0 Å². The van der Waals surface area contributed by atoms with E-state index in [4.69, 9.17) is 9.47 Å². The first-order valence-corrected chi connectivity index (χ1v) is 11.7. The zero-order valence-corrected chi connectivity index (χ0v) is 20.2. The lowest BCUT2D eigenvalue weighted by Crippen LogP contribution is -2.35. The predicted octanol–water partition coefficient (Wildman–Crippen LogP) is 5.47. The van der Waals surface area contributed by atoms with Crippen LogP contribution in [0, 0.1) is 6.92 Å². The summed E-state index contributed by atoms with van der Waals surface area (Å²) in [6.07, 6.45) is 1.35. The Morgan fingerprint density at radius 2 is 1.74 bits per heavy atom. The van der Waals surface area contributed by atoms with E-state index >= 15 is 0 Å². The number of aryl methyl sites for hydroxylation is 1. The fraction of sp³-hybridized carbons (Fsp3) is 0.357. The summed E-state index contributed by atoms with van der Waals surface area (Å²) in [5.41, 5.74) is 1.75. The summed E-state index contributed by atoms with van der Waals surface area (Å²) in [6.45, 7) is 7.92. The number of nitrogens with one attached hydrogen (secondary N) is 2. The minimum absolute atomic E-state index is 0.111. The summed E-state index contributed by atoms with van der Waals surface area (Å²) < 4.78 is 11.0. The zero-order valence-electron chi connectivity index (χ0n) is 20.2. The molecule has 0 saturated heterocycles. The van der Waals surface area contributed by atoms with Gasteiger partial charge in [0.25, 0.3) is 5.91 Å². The van der Waals surface area contributed by atoms with Crippen LogP contribution in [0.3, 0.4) is 0 Å². The highest BCUT2D eigenvalue weighted by Crippen LogP contribution is 2.48. The number of hydrogen-bond acceptors (Lipinski definition) is 4. The van der Waals surface area contributed by atoms with Gasteiger partial charge in [0.2, 0.25) is 0 Å². The molecule has 0 bridgehead atoms. The van der Waals surface area contributed by atoms with Crippen molar-refractivity contribution in [1.29, 1.82) is 0 Å². The quantitative estimate of drug-likeness (QED) is 0.458. The standard InChI is InChI=1S/C28H32N2O4/c1-19-12-13-21(33-17-16-29-26(32)34-27(2,3)4)18-23(19)25(31)30-28(14-15-28)24-11-7-9-20-8-5-6-10-22(20)24/h5-13,18H,14-17H2,1-4H3,(H,29,32)(H,30,31). The van der Waals surface area contributed by atoms with Crippen molar-refractivity contribution in [2.75, 3.05) is 13.2 Å². The summed E-state index contributed by atoms with van der Waals surface area (Å²) in [5, 5.41) is 8.31. The molecule has 178 valence electrons. The SMILES string of the molecule is Cc1ccc(OCCNC(=O)OC(C)(C)C)cc1C(=O)NC1(c2cccc3ccccc23)CC1. The molecule has 0 atom stereocenters. The summed E-state index contributed by atoms with van der Waals surface area (Å²) >= 11 is 0. The number of amides is 2. The number of rotatable bonds is 7. The van der Waals surface area contributed by atoms with Crippen LogP contribution >= 0.6 is 0 Å². The Balaban J connectivity index is 1.41. The van der Waals surface area contributed by atoms with E-state index in [0.717, 1.165) is 24.0 Å². The average molecular weight is 461 g/mol. The zero-order chi connectivity index (χ0) is 24.3. The highest BCUT2D eigenvalue weighted by Gasteiger charge is 2.46. The van der Waals surface area contributed by atoms with Gasteiger partial charge < -0.3 is 20.1 Å². The fourth-order valence-corrected chi connectivity index (χ4v) is 4.09. The van der Waals surface area contributed by atoms with Crippen LogP contribution < -0.4 is 15.4 Å². The van der Waals surface area contributed by atoms with Gasteiger partial charge in [-0.25, -0.2) is 4.79 Å². The van der Waals surface area contributed by atoms with Gasteiger partial charge in [-0.15, -0.1) is 0 Å². The van der Waals surface area contributed by atoms with Crippen molar-refractivity contribution in [3.8, 4) is 5.75 Å². The summed E-state index contributed by atoms with van der Waals surface area (Å²) in [4.78, 5) is 25.0. The number of ether oxygens (including phenoxy) is 2. The molecule has 1 saturated carbocycles. The second kappa shape index (κ2) is 9.37. The summed E-state index contributed by atoms with van der Waals surface area (Å²) in [5.74, 6) is 0.469. The van der Waals surface area contributed by atoms with Gasteiger partial charge in [-0.05, 0) is 74.6 Å². The molecule has 0 radical (unpaired) electrons. The van der Waals surface area contributed by atoms with Crippen molar-refractivity contribution in [1.82, 2.24) is 10.6 Å². The molecule has 4 rings (SSSR count). The fourth-order valence-electron chi connectivity index (χ4n) is 4.09. The number of carbonyl (C=O) groups excluding carboxylic acids is 2. The molecular weight excluding hydrogens is 428 g/mol. The lowest BCUT2D eigenvalue weighted by atomic mass is 9.96. The Labute approximate surface area is 200 Å². The molecule has 1 aliphatic carbocycles. The Kier molecular flexibility index (Phi) is 6.51. The Hall–Kier alpha value is -3.54. The molecule has 0 aromatic heterocycles. The topological polar surface area (TPSA) is 76.7 Å². The third-order valence-electron chi connectivity index (χ3n) is 5.90. The van der Waals surface area contributed by atoms with E-state index in [1.54, 1.807) is 6.07 Å². The van der Waals surface area contributed by atoms with Gasteiger partial charge in [0.15, 0.2) is 0 Å². The number of alkyl carbamates (subject to hydrolysis) is 1. The van der Waals surface area contributed by atoms with Crippen molar-refractivity contribution in [2.24, 2.45) is 0 Å². The maximum absolute atomic E-state index is 13.3. The van der Waals surface area contributed by atoms with Crippen LogP contribution in [0.5, 0.6) is 5.75 Å². The number of benzene rings is 3. The smallest absolute Gasteiger partial charge is 0.407 e. The number of hydrogen-bond donors (Lipinski definition) is 2. The number of fused-ring (bicyclic) bond motifs is 1. The summed E-state index contributed by atoms with van der Waals surface area (Å²) in [7, 11) is 0. The van der Waals surface area contributed by atoms with E-state index in [0.29, 0.717) is 17.9 Å². The first-order valence-electron chi connectivity index (χ1n) is 11.7. The third kappa shape index (κ3) is 5.50. The van der Waals surface area contributed by atoms with Crippen LogP contribution in [-0.4, -0.2) is 30.8 Å². The van der Waals surface area contributed by atoms with Crippen molar-refractivity contribution in [3.05, 3.63) is 77.4 Å². The number of carbonyl (C=O) groups is 2. The minimum Gasteiger partial charge on any atom is -0.492 e. The highest BCUT2D eigenvalue weighted by molar-refractivity contribution is 5.97. The van der Waals surface area contributed by atoms with Crippen LogP contribution in [0.15, 0.2) is 60.7 Å². The molecule has 2 amide bonds. The molecule has 0 unspecified atom stereocenters. The molecule has 6 nitrogen and oxygen atoms in total. The lowest BCUT2D eigenvalue weighted by Gasteiger charge is -2.21. The maximum Gasteiger partial charge on any atom is 0.407 e. The van der Waals surface area contributed by atoms with Crippen molar-refractivity contribution in [2.45, 2.75) is 51.7 Å². The van der Waals surface area contributed by atoms with E-state index in [1.165, 1.54) is 10.8 Å². The monoisotopic (exact) mass is 460 g/mol. The van der Waals surface area contributed by atoms with Crippen molar-refractivity contribution < 1.29 is 19.1 Å². The Morgan fingerprint density at radius 3 is 2.47 bits per heavy atom. The molecule has 0 heterocycles. The van der Waals surface area contributed by atoms with Gasteiger partial charge in [-0.3, -0.25) is 4.79 Å². The van der Waals surface area contributed by atoms with E-state index in [2.05, 4.69) is 41.0 Å². The van der Waals surface area contributed by atoms with Gasteiger partial charge >= 0.3 is 6.09 Å². The largest absolute Gasteiger partial charge is 0.492 e. The van der Waals surface area contributed by atoms with Crippen LogP contribution in [0.1, 0.15) is 55.1 Å². The molecule has 2 N–H and O–H groups in total. The highest BCUT2D eigenvalue weighted by atomic mass is 16.6. The molecular formula is C28H32N2O4. The Morgan fingerprint density at radius 1 is 1.00 bits per heavy atom. The first kappa shape index (κ1) is 23.6. The first-order chi connectivity index (χ1) is 16.2. The molecule has 3 aromatic carbocycles. The van der Waals surface area contributed by atoms with Crippen LogP contribution in [0.25, 0.3) is 10.8 Å². The maximum atomic E-state index is 13.3. The van der Waals surface area contributed by atoms with Crippen LogP contribution in [0.4, 0.5) is 4.79 Å². The van der Waals surface area contributed by atoms with E-state index < -0.39 is 11.7 Å². The second-order valence-corrected chi connectivity index (χ2v) is 9.82. The van der Waals surface area contributed by atoms with Crippen molar-refractivity contribution >= 4 is 22.8 Å². The predicted molar refractivity (Wildman–Crippen MR) is 133 cm³/mol. The molecule has 1 fully saturated rings. The second-order valence-electron chi connectivity index (χ2n) is 9.82. The molecule has 6 heteroatoms. The third-order valence-corrected chi connectivity index (χ3v) is 5.90. The van der Waals surface area contributed by atoms with E-state index in [9.17, 15) is 9.59 Å². The molecule has 0 spiro atoms. The van der Waals surface area contributed by atoms with Crippen LogP contribution in [-0.2, 0) is 10.3 Å². The summed E-state index contributed by atoms with van der Waals surface area (Å²) in [6, 6.07) is 20.0. The van der Waals surface area contributed by atoms with E-state index in [-0.39, 0.29) is 18.1 Å². The molecule has 1 aliphatic rings. The van der Waals surface area contributed by atoms with Crippen molar-refractivity contribution in [3.63, 3.8) is 0 Å².